The molecule has 0 spiro atoms. The minimum Gasteiger partial charge on any atom is -0.480 e. The van der Waals surface area contributed by atoms with Crippen LogP contribution in [0.2, 0.25) is 0 Å². The first-order chi connectivity index (χ1) is 7.65. The lowest BCUT2D eigenvalue weighted by molar-refractivity contribution is -0.146. The fourth-order valence-electron chi connectivity index (χ4n) is 2.19. The molecule has 2 rings (SSSR count). The second-order valence-corrected chi connectivity index (χ2v) is 4.10. The summed E-state index contributed by atoms with van der Waals surface area (Å²) in [5, 5.41) is 12.4. The van der Waals surface area contributed by atoms with E-state index in [1.807, 2.05) is 0 Å². The van der Waals surface area contributed by atoms with E-state index in [9.17, 15) is 14.3 Å². The summed E-state index contributed by atoms with van der Waals surface area (Å²) < 4.78 is 12.8. The molecular weight excluding hydrogens is 209 g/mol. The third kappa shape index (κ3) is 1.80. The third-order valence-electron chi connectivity index (χ3n) is 3.11. The number of piperidine rings is 1. The van der Waals surface area contributed by atoms with Gasteiger partial charge >= 0.3 is 5.97 Å². The lowest BCUT2D eigenvalue weighted by Gasteiger charge is -2.34. The zero-order chi connectivity index (χ0) is 11.6. The van der Waals surface area contributed by atoms with Gasteiger partial charge < -0.3 is 5.11 Å². The number of aliphatic carboxylic acids is 1. The van der Waals surface area contributed by atoms with Crippen LogP contribution in [0, 0.1) is 5.82 Å². The van der Waals surface area contributed by atoms with Crippen molar-refractivity contribution < 1.29 is 14.3 Å². The number of carbonyl (C=O) groups is 1. The van der Waals surface area contributed by atoms with Crippen molar-refractivity contribution in [1.29, 1.82) is 0 Å². The van der Waals surface area contributed by atoms with E-state index in [-0.39, 0.29) is 5.82 Å². The van der Waals surface area contributed by atoms with E-state index in [1.54, 1.807) is 12.1 Å². The molecule has 1 heterocycles. The maximum absolute atomic E-state index is 12.8. The monoisotopic (exact) mass is 223 g/mol. The average molecular weight is 223 g/mol. The van der Waals surface area contributed by atoms with E-state index in [1.165, 1.54) is 12.1 Å². The minimum atomic E-state index is -1.04. The predicted octanol–water partition coefficient (Wildman–Crippen LogP) is 1.88. The van der Waals surface area contributed by atoms with Crippen molar-refractivity contribution >= 4 is 5.97 Å². The summed E-state index contributed by atoms with van der Waals surface area (Å²) in [6, 6.07) is 5.69. The van der Waals surface area contributed by atoms with Gasteiger partial charge in [0.25, 0.3) is 0 Å². The Morgan fingerprint density at radius 1 is 1.31 bits per heavy atom. The molecule has 86 valence electrons. The lowest BCUT2D eigenvalue weighted by atomic mass is 9.82. The molecule has 1 saturated heterocycles. The fraction of sp³-hybridized carbons (Fsp3) is 0.417. The van der Waals surface area contributed by atoms with Gasteiger partial charge in [0.2, 0.25) is 0 Å². The highest BCUT2D eigenvalue weighted by atomic mass is 19.1. The molecular formula is C12H14FNO2. The van der Waals surface area contributed by atoms with Crippen LogP contribution in [-0.2, 0) is 10.3 Å². The maximum atomic E-state index is 12.8. The Morgan fingerprint density at radius 2 is 2.00 bits per heavy atom. The maximum Gasteiger partial charge on any atom is 0.328 e. The normalized spacial score (nSPS) is 25.3. The van der Waals surface area contributed by atoms with E-state index < -0.39 is 11.5 Å². The van der Waals surface area contributed by atoms with Crippen molar-refractivity contribution in [3.05, 3.63) is 35.6 Å². The Labute approximate surface area is 93.3 Å². The second kappa shape index (κ2) is 4.22. The first kappa shape index (κ1) is 11.1. The zero-order valence-electron chi connectivity index (χ0n) is 8.87. The summed E-state index contributed by atoms with van der Waals surface area (Å²) >= 11 is 0. The fourth-order valence-corrected chi connectivity index (χ4v) is 2.19. The highest BCUT2D eigenvalue weighted by Crippen LogP contribution is 2.30. The topological polar surface area (TPSA) is 49.3 Å². The van der Waals surface area contributed by atoms with Crippen LogP contribution in [0.15, 0.2) is 24.3 Å². The van der Waals surface area contributed by atoms with Crippen molar-refractivity contribution in [2.24, 2.45) is 0 Å². The summed E-state index contributed by atoms with van der Waals surface area (Å²) in [5.74, 6) is -1.24. The van der Waals surface area contributed by atoms with Crippen LogP contribution >= 0.6 is 0 Å². The molecule has 0 aliphatic carbocycles. The van der Waals surface area contributed by atoms with Crippen molar-refractivity contribution in [1.82, 2.24) is 5.32 Å². The average Bonchev–Trinajstić information content (AvgIpc) is 2.30. The van der Waals surface area contributed by atoms with Gasteiger partial charge in [-0.25, -0.2) is 9.18 Å². The Balaban J connectivity index is 2.38. The molecule has 1 aromatic carbocycles. The number of benzene rings is 1. The van der Waals surface area contributed by atoms with Gasteiger partial charge in [-0.05, 0) is 43.5 Å². The van der Waals surface area contributed by atoms with Crippen LogP contribution in [-0.4, -0.2) is 17.6 Å². The number of halogens is 1. The van der Waals surface area contributed by atoms with E-state index in [2.05, 4.69) is 5.32 Å². The number of hydrogen-bond donors (Lipinski definition) is 2. The summed E-state index contributed by atoms with van der Waals surface area (Å²) in [5.41, 5.74) is -0.410. The molecule has 1 aliphatic heterocycles. The molecule has 0 aromatic heterocycles. The van der Waals surface area contributed by atoms with Gasteiger partial charge in [0.05, 0.1) is 0 Å². The van der Waals surface area contributed by atoms with Crippen molar-refractivity contribution in [2.45, 2.75) is 24.8 Å². The molecule has 3 nitrogen and oxygen atoms in total. The summed E-state index contributed by atoms with van der Waals surface area (Å²) in [6.45, 7) is 0.684. The van der Waals surface area contributed by atoms with Gasteiger partial charge in [-0.2, -0.15) is 0 Å². The first-order valence-electron chi connectivity index (χ1n) is 5.40. The molecule has 1 fully saturated rings. The van der Waals surface area contributed by atoms with Crippen LogP contribution in [0.4, 0.5) is 4.39 Å². The number of nitrogens with one attached hydrogen (secondary N) is 1. The highest BCUT2D eigenvalue weighted by molar-refractivity contribution is 5.81. The van der Waals surface area contributed by atoms with Gasteiger partial charge in [0, 0.05) is 0 Å². The van der Waals surface area contributed by atoms with E-state index >= 15 is 0 Å². The number of carboxylic acid groups (broad SMARTS) is 1. The molecule has 1 unspecified atom stereocenters. The Bertz CT molecular complexity index is 383. The number of rotatable bonds is 2. The smallest absolute Gasteiger partial charge is 0.328 e. The molecule has 0 saturated carbocycles. The van der Waals surface area contributed by atoms with Crippen molar-refractivity contribution in [3.8, 4) is 0 Å². The van der Waals surface area contributed by atoms with Crippen LogP contribution in [0.3, 0.4) is 0 Å². The molecule has 0 bridgehead atoms. The summed E-state index contributed by atoms with van der Waals surface area (Å²) in [7, 11) is 0. The van der Waals surface area contributed by atoms with Gasteiger partial charge in [0.15, 0.2) is 0 Å². The zero-order valence-corrected chi connectivity index (χ0v) is 8.87. The summed E-state index contributed by atoms with van der Waals surface area (Å²) in [6.07, 6.45) is 2.40. The Hall–Kier alpha value is -1.42. The Morgan fingerprint density at radius 3 is 2.50 bits per heavy atom. The lowest BCUT2D eigenvalue weighted by Crippen LogP contribution is -2.51. The largest absolute Gasteiger partial charge is 0.480 e. The third-order valence-corrected chi connectivity index (χ3v) is 3.11. The van der Waals surface area contributed by atoms with Gasteiger partial charge in [0.1, 0.15) is 11.4 Å². The van der Waals surface area contributed by atoms with Crippen LogP contribution in [0.25, 0.3) is 0 Å². The predicted molar refractivity (Wildman–Crippen MR) is 57.6 cm³/mol. The minimum absolute atomic E-state index is 0.347. The quantitative estimate of drug-likeness (QED) is 0.804. The molecule has 1 aromatic rings. The molecule has 0 amide bonds. The Kier molecular flexibility index (Phi) is 2.92. The van der Waals surface area contributed by atoms with Crippen LogP contribution < -0.4 is 5.32 Å². The molecule has 0 radical (unpaired) electrons. The van der Waals surface area contributed by atoms with Gasteiger partial charge in [-0.15, -0.1) is 0 Å². The molecule has 16 heavy (non-hydrogen) atoms. The van der Waals surface area contributed by atoms with Gasteiger partial charge in [-0.3, -0.25) is 5.32 Å². The van der Waals surface area contributed by atoms with E-state index in [0.29, 0.717) is 18.5 Å². The number of carboxylic acids is 1. The summed E-state index contributed by atoms with van der Waals surface area (Å²) in [4.78, 5) is 11.4. The SMILES string of the molecule is O=C(O)C1(c2ccc(F)cc2)CCCCN1. The van der Waals surface area contributed by atoms with Crippen LogP contribution in [0.1, 0.15) is 24.8 Å². The van der Waals surface area contributed by atoms with Crippen molar-refractivity contribution in [2.75, 3.05) is 6.54 Å². The highest BCUT2D eigenvalue weighted by Gasteiger charge is 2.41. The van der Waals surface area contributed by atoms with Gasteiger partial charge in [-0.1, -0.05) is 12.1 Å². The standard InChI is InChI=1S/C12H14FNO2/c13-10-5-3-9(4-6-10)12(11(15)16)7-1-2-8-14-12/h3-6,14H,1-2,7-8H2,(H,15,16). The number of hydrogen-bond acceptors (Lipinski definition) is 2. The second-order valence-electron chi connectivity index (χ2n) is 4.10. The molecule has 1 atom stereocenters. The molecule has 1 aliphatic rings. The van der Waals surface area contributed by atoms with Crippen molar-refractivity contribution in [3.63, 3.8) is 0 Å². The first-order valence-corrected chi connectivity index (χ1v) is 5.40. The molecule has 4 heteroatoms. The van der Waals surface area contributed by atoms with Crippen LogP contribution in [0.5, 0.6) is 0 Å². The van der Waals surface area contributed by atoms with E-state index in [0.717, 1.165) is 12.8 Å². The molecule has 2 N–H and O–H groups in total. The van der Waals surface area contributed by atoms with E-state index in [4.69, 9.17) is 0 Å².